The van der Waals surface area contributed by atoms with E-state index in [1.807, 2.05) is 104 Å². The van der Waals surface area contributed by atoms with Crippen molar-refractivity contribution in [2.45, 2.75) is 52.9 Å². The number of rotatable bonds is 13. The molecule has 10 nitrogen and oxygen atoms in total. The van der Waals surface area contributed by atoms with Gasteiger partial charge in [0.05, 0.1) is 61.8 Å². The van der Waals surface area contributed by atoms with Crippen LogP contribution in [0.1, 0.15) is 80.8 Å². The van der Waals surface area contributed by atoms with E-state index in [0.29, 0.717) is 50.8 Å². The smallest absolute Gasteiger partial charge is 0.339 e. The molecule has 0 N–H and O–H groups in total. The van der Waals surface area contributed by atoms with Crippen LogP contribution in [0.25, 0.3) is 55.2 Å². The summed E-state index contributed by atoms with van der Waals surface area (Å²) in [5, 5.41) is 2.23. The first kappa shape index (κ1) is 52.5. The molecule has 12 rings (SSSR count). The Hall–Kier alpha value is -7.91. The maximum absolute atomic E-state index is 12.7. The fourth-order valence-electron chi connectivity index (χ4n) is 9.23. The third-order valence-electron chi connectivity index (χ3n) is 12.9. The van der Waals surface area contributed by atoms with Gasteiger partial charge in [-0.25, -0.2) is 19.6 Å². The molecule has 0 bridgehead atoms. The van der Waals surface area contributed by atoms with Crippen LogP contribution in [-0.4, -0.2) is 35.1 Å². The van der Waals surface area contributed by atoms with Crippen LogP contribution < -0.4 is 0 Å². The summed E-state index contributed by atoms with van der Waals surface area (Å²) < 4.78 is 35.3. The van der Waals surface area contributed by atoms with Crippen LogP contribution >= 0.6 is 22.6 Å². The predicted molar refractivity (Wildman–Crippen MR) is 308 cm³/mol. The summed E-state index contributed by atoms with van der Waals surface area (Å²) >= 11 is 2.11. The molecule has 0 radical (unpaired) electrons. The summed E-state index contributed by atoms with van der Waals surface area (Å²) in [4.78, 5) is 33.5. The lowest BCUT2D eigenvalue weighted by molar-refractivity contribution is -0.147. The minimum atomic E-state index is -0.537. The second-order valence-electron chi connectivity index (χ2n) is 18.2. The summed E-state index contributed by atoms with van der Waals surface area (Å²) in [5.41, 5.74) is 15.3. The largest absolute Gasteiger partial charge is 0.462 e. The number of hydrogen-bond donors (Lipinski definition) is 0. The molecular weight excluding hydrogens is 1080 g/mol. The third-order valence-corrected chi connectivity index (χ3v) is 13.9. The van der Waals surface area contributed by atoms with Gasteiger partial charge in [-0.15, -0.1) is 0 Å². The second-order valence-corrected chi connectivity index (χ2v) is 19.3. The van der Waals surface area contributed by atoms with E-state index in [1.165, 1.54) is 11.1 Å². The zero-order chi connectivity index (χ0) is 52.9. The average Bonchev–Trinajstić information content (AvgIpc) is 4.12. The van der Waals surface area contributed by atoms with Crippen molar-refractivity contribution < 1.29 is 38.0 Å². The van der Waals surface area contributed by atoms with E-state index < -0.39 is 12.6 Å². The monoisotopic (exact) mass is 1130 g/mol. The molecule has 2 aromatic heterocycles. The molecule has 2 aliphatic heterocycles. The van der Waals surface area contributed by atoms with Crippen molar-refractivity contribution in [3.63, 3.8) is 0 Å². The van der Waals surface area contributed by atoms with Gasteiger partial charge in [0.25, 0.3) is 0 Å². The van der Waals surface area contributed by atoms with E-state index in [4.69, 9.17) is 38.4 Å². The van der Waals surface area contributed by atoms with Crippen molar-refractivity contribution in [3.8, 4) is 33.4 Å². The topological polar surface area (TPSA) is 115 Å². The van der Waals surface area contributed by atoms with Gasteiger partial charge >= 0.3 is 11.9 Å². The standard InChI is InChI=1S/C33H27NO4.C24H19NO2.C9H9IO2/c1-2-36-32(35)29-14-8-7-13-28(29)26-17-22(16-25(19-26)23-10-4-3-5-11-23)20-37-33-31-27(21-38-33)18-24-12-6-9-15-30(24)34-31;1-2-8-18(9-3-1)19-11-6-7-17(13-19)15-26-24-23-21(16-27-24)14-20-10-4-5-12-22(20)25-23;1-2-12-9(11)7-5-3-4-6-8(7)10/h3-19,33H,2,20-21H2,1H3;1-14,24H,15-16H2;3-6H,2H2,1H3. The van der Waals surface area contributed by atoms with Crippen molar-refractivity contribution in [2.75, 3.05) is 13.2 Å². The molecule has 2 aliphatic rings. The van der Waals surface area contributed by atoms with E-state index in [-0.39, 0.29) is 11.9 Å². The van der Waals surface area contributed by atoms with Crippen molar-refractivity contribution >= 4 is 56.3 Å². The van der Waals surface area contributed by atoms with Gasteiger partial charge in [0, 0.05) is 25.5 Å². The summed E-state index contributed by atoms with van der Waals surface area (Å²) in [7, 11) is 0. The number of carbonyl (C=O) groups is 2. The molecule has 11 heteroatoms. The quantitative estimate of drug-likeness (QED) is 0.0816. The predicted octanol–water partition coefficient (Wildman–Crippen LogP) is 15.6. The highest BCUT2D eigenvalue weighted by Gasteiger charge is 2.28. The molecule has 0 spiro atoms. The average molecular weight is 1130 g/mol. The fourth-order valence-corrected chi connectivity index (χ4v) is 9.84. The van der Waals surface area contributed by atoms with Gasteiger partial charge in [-0.05, 0) is 148 Å². The number of pyridine rings is 2. The van der Waals surface area contributed by atoms with E-state index in [2.05, 4.69) is 126 Å². The normalized spacial score (nSPS) is 14.1. The number of carbonyl (C=O) groups excluding carboxylic acids is 2. The Bertz CT molecular complexity index is 3670. The van der Waals surface area contributed by atoms with Crippen molar-refractivity contribution in [1.82, 2.24) is 9.97 Å². The number of halogens is 1. The molecule has 0 saturated carbocycles. The van der Waals surface area contributed by atoms with E-state index in [1.54, 1.807) is 19.1 Å². The Kier molecular flexibility index (Phi) is 17.3. The molecule has 0 aliphatic carbocycles. The molecule has 0 amide bonds. The Morgan fingerprint density at radius 2 is 0.935 bits per heavy atom. The zero-order valence-corrected chi connectivity index (χ0v) is 44.8. The second kappa shape index (κ2) is 25.3. The molecule has 10 aromatic rings. The zero-order valence-electron chi connectivity index (χ0n) is 42.6. The highest BCUT2D eigenvalue weighted by molar-refractivity contribution is 14.1. The Balaban J connectivity index is 0.000000149. The lowest BCUT2D eigenvalue weighted by Crippen LogP contribution is -2.07. The minimum absolute atomic E-state index is 0.248. The molecule has 4 heterocycles. The third kappa shape index (κ3) is 12.9. The Morgan fingerprint density at radius 1 is 0.468 bits per heavy atom. The van der Waals surface area contributed by atoms with Gasteiger partial charge in [-0.3, -0.25) is 0 Å². The fraction of sp³-hybridized carbons (Fsp3) is 0.152. The Morgan fingerprint density at radius 3 is 1.53 bits per heavy atom. The van der Waals surface area contributed by atoms with Crippen molar-refractivity contribution in [1.29, 1.82) is 0 Å². The first-order valence-corrected chi connectivity index (χ1v) is 26.6. The van der Waals surface area contributed by atoms with Crippen LogP contribution in [0.2, 0.25) is 0 Å². The van der Waals surface area contributed by atoms with Gasteiger partial charge in [-0.2, -0.15) is 0 Å². The van der Waals surface area contributed by atoms with Gasteiger partial charge in [0.15, 0.2) is 0 Å². The number of hydrogen-bond acceptors (Lipinski definition) is 10. The molecule has 384 valence electrons. The molecule has 0 saturated heterocycles. The first-order valence-electron chi connectivity index (χ1n) is 25.6. The Labute approximate surface area is 461 Å². The van der Waals surface area contributed by atoms with E-state index in [0.717, 1.165) is 81.3 Å². The van der Waals surface area contributed by atoms with Crippen molar-refractivity contribution in [2.24, 2.45) is 0 Å². The van der Waals surface area contributed by atoms with Gasteiger partial charge in [0.2, 0.25) is 12.6 Å². The van der Waals surface area contributed by atoms with Crippen LogP contribution in [0.4, 0.5) is 0 Å². The lowest BCUT2D eigenvalue weighted by Gasteiger charge is -2.16. The summed E-state index contributed by atoms with van der Waals surface area (Å²) in [5.74, 6) is -0.581. The number of benzene rings is 8. The number of ether oxygens (including phenoxy) is 6. The van der Waals surface area contributed by atoms with Gasteiger partial charge in [-0.1, -0.05) is 146 Å². The highest BCUT2D eigenvalue weighted by Crippen LogP contribution is 2.36. The van der Waals surface area contributed by atoms with Gasteiger partial charge in [0.1, 0.15) is 11.4 Å². The molecule has 0 fully saturated rings. The highest BCUT2D eigenvalue weighted by atomic mass is 127. The van der Waals surface area contributed by atoms with Crippen LogP contribution in [0, 0.1) is 3.57 Å². The molecule has 77 heavy (non-hydrogen) atoms. The van der Waals surface area contributed by atoms with Crippen LogP contribution in [-0.2, 0) is 54.8 Å². The summed E-state index contributed by atoms with van der Waals surface area (Å²) in [6, 6.07) is 70.6. The lowest BCUT2D eigenvalue weighted by atomic mass is 9.93. The van der Waals surface area contributed by atoms with E-state index >= 15 is 0 Å². The number of nitrogens with zero attached hydrogens (tertiary/aromatic N) is 2. The molecule has 8 aromatic carbocycles. The maximum atomic E-state index is 12.7. The van der Waals surface area contributed by atoms with Gasteiger partial charge < -0.3 is 28.4 Å². The number of fused-ring (bicyclic) bond motifs is 4. The number of aromatic nitrogens is 2. The van der Waals surface area contributed by atoms with Crippen LogP contribution in [0.5, 0.6) is 0 Å². The van der Waals surface area contributed by atoms with E-state index in [9.17, 15) is 9.59 Å². The molecular formula is C66H55IN2O8. The SMILES string of the molecule is CCOC(=O)c1ccccc1-c1cc(COC2OCc3cc4ccccc4nc32)cc(-c2ccccc2)c1.CCOC(=O)c1ccccc1I.c1ccc(-c2cccc(COC3OCc4cc5ccccc5nc43)c2)cc1. The number of esters is 2. The summed E-state index contributed by atoms with van der Waals surface area (Å²) in [6.45, 7) is 6.18. The summed E-state index contributed by atoms with van der Waals surface area (Å²) in [6.07, 6.45) is -0.949. The van der Waals surface area contributed by atoms with Crippen LogP contribution in [0.3, 0.4) is 0 Å². The first-order chi connectivity index (χ1) is 37.8. The molecule has 2 atom stereocenters. The van der Waals surface area contributed by atoms with Crippen molar-refractivity contribution in [3.05, 3.63) is 261 Å². The molecule has 2 unspecified atom stereocenters. The maximum Gasteiger partial charge on any atom is 0.339 e. The minimum Gasteiger partial charge on any atom is -0.462 e. The number of para-hydroxylation sites is 2. The van der Waals surface area contributed by atoms with Crippen LogP contribution in [0.15, 0.2) is 212 Å².